The lowest BCUT2D eigenvalue weighted by Gasteiger charge is -2.17. The molecule has 1 unspecified atom stereocenters. The summed E-state index contributed by atoms with van der Waals surface area (Å²) in [6.45, 7) is 7.80. The van der Waals surface area contributed by atoms with E-state index in [4.69, 9.17) is 0 Å². The maximum atomic E-state index is 12.7. The van der Waals surface area contributed by atoms with Crippen LogP contribution in [0.3, 0.4) is 0 Å². The van der Waals surface area contributed by atoms with Crippen LogP contribution in [0.1, 0.15) is 58.9 Å². The Morgan fingerprint density at radius 3 is 2.27 bits per heavy atom. The number of carbonyl (C=O) groups is 1. The molecule has 2 N–H and O–H groups in total. The van der Waals surface area contributed by atoms with E-state index >= 15 is 0 Å². The van der Waals surface area contributed by atoms with Gasteiger partial charge in [0.2, 0.25) is 0 Å². The molecule has 1 aromatic rings. The lowest BCUT2D eigenvalue weighted by molar-refractivity contribution is -0.137. The number of aliphatic hydroxyl groups is 1. The highest BCUT2D eigenvalue weighted by Gasteiger charge is 2.30. The van der Waals surface area contributed by atoms with E-state index in [2.05, 4.69) is 56.2 Å². The van der Waals surface area contributed by atoms with Crippen molar-refractivity contribution in [3.05, 3.63) is 58.8 Å². The molecule has 1 aromatic heterocycles. The first-order chi connectivity index (χ1) is 15.5. The molecule has 1 heterocycles. The van der Waals surface area contributed by atoms with Crippen LogP contribution in [0.15, 0.2) is 53.3 Å². The van der Waals surface area contributed by atoms with Gasteiger partial charge in [-0.1, -0.05) is 34.9 Å². The molecule has 0 aromatic carbocycles. The number of nitrogens with one attached hydrogen (secondary N) is 1. The Hall–Kier alpha value is -2.06. The van der Waals surface area contributed by atoms with Gasteiger partial charge in [-0.2, -0.15) is 24.9 Å². The number of alkyl halides is 3. The smallest absolute Gasteiger partial charge is 0.388 e. The summed E-state index contributed by atoms with van der Waals surface area (Å²) in [5.74, 6) is 0.800. The van der Waals surface area contributed by atoms with Gasteiger partial charge < -0.3 is 10.4 Å². The molecule has 8 heteroatoms. The molecule has 1 atom stereocenters. The Labute approximate surface area is 199 Å². The fourth-order valence-corrected chi connectivity index (χ4v) is 3.92. The van der Waals surface area contributed by atoms with Gasteiger partial charge in [0.15, 0.2) is 5.78 Å². The van der Waals surface area contributed by atoms with Crippen molar-refractivity contribution in [2.24, 2.45) is 0 Å². The summed E-state index contributed by atoms with van der Waals surface area (Å²) in [5, 5.41) is 12.0. The molecule has 0 aliphatic rings. The number of allylic oxidation sites excluding steroid dienone is 5. The van der Waals surface area contributed by atoms with Crippen LogP contribution in [0.5, 0.6) is 0 Å². The Morgan fingerprint density at radius 2 is 1.73 bits per heavy atom. The predicted octanol–water partition coefficient (Wildman–Crippen LogP) is 6.59. The Balaban J connectivity index is 2.48. The number of rotatable bonds is 14. The van der Waals surface area contributed by atoms with Gasteiger partial charge in [0.1, 0.15) is 12.4 Å². The number of pyridine rings is 1. The molecule has 0 saturated carbocycles. The summed E-state index contributed by atoms with van der Waals surface area (Å²) < 4.78 is 38.0. The second-order valence-corrected chi connectivity index (χ2v) is 9.32. The van der Waals surface area contributed by atoms with Crippen LogP contribution in [0.25, 0.3) is 0 Å². The van der Waals surface area contributed by atoms with E-state index in [-0.39, 0.29) is 5.82 Å². The van der Waals surface area contributed by atoms with Gasteiger partial charge in [-0.05, 0) is 65.5 Å². The van der Waals surface area contributed by atoms with Crippen LogP contribution in [0.4, 0.5) is 19.0 Å². The fraction of sp³-hybridized carbons (Fsp3) is 0.520. The first kappa shape index (κ1) is 29.0. The van der Waals surface area contributed by atoms with Crippen molar-refractivity contribution in [2.45, 2.75) is 65.6 Å². The van der Waals surface area contributed by atoms with Gasteiger partial charge in [0.25, 0.3) is 0 Å². The molecular weight excluding hydrogens is 449 g/mol. The molecular formula is C25H35F3N2O2S. The van der Waals surface area contributed by atoms with Crippen molar-refractivity contribution in [3.63, 3.8) is 0 Å². The number of anilines is 1. The van der Waals surface area contributed by atoms with Gasteiger partial charge in [0, 0.05) is 17.7 Å². The lowest BCUT2D eigenvalue weighted by Crippen LogP contribution is -2.34. The normalized spacial score (nSPS) is 13.6. The van der Waals surface area contributed by atoms with Crippen molar-refractivity contribution in [2.75, 3.05) is 23.4 Å². The Morgan fingerprint density at radius 1 is 1.09 bits per heavy atom. The molecule has 0 amide bonds. The third-order valence-electron chi connectivity index (χ3n) is 4.91. The van der Waals surface area contributed by atoms with Crippen molar-refractivity contribution < 1.29 is 23.1 Å². The number of aliphatic hydroxyl groups excluding tert-OH is 1. The average Bonchev–Trinajstić information content (AvgIpc) is 2.74. The molecule has 1 rings (SSSR count). The molecule has 0 fully saturated rings. The van der Waals surface area contributed by atoms with Gasteiger partial charge >= 0.3 is 6.18 Å². The minimum atomic E-state index is -4.47. The minimum absolute atomic E-state index is 0.161. The van der Waals surface area contributed by atoms with Crippen molar-refractivity contribution in [1.29, 1.82) is 0 Å². The first-order valence-corrected chi connectivity index (χ1v) is 12.1. The Kier molecular flexibility index (Phi) is 13.1. The van der Waals surface area contributed by atoms with E-state index in [0.29, 0.717) is 11.5 Å². The SMILES string of the molecule is CC(C)=CCCC(C)=CCCC(C)=CCSCC(Nc1ccc(C(F)(F)F)cn1)C(=O)CO. The molecule has 0 radical (unpaired) electrons. The lowest BCUT2D eigenvalue weighted by atomic mass is 10.1. The largest absolute Gasteiger partial charge is 0.417 e. The topological polar surface area (TPSA) is 62.2 Å². The molecule has 0 aliphatic heterocycles. The molecule has 184 valence electrons. The van der Waals surface area contributed by atoms with E-state index < -0.39 is 30.2 Å². The molecule has 0 aliphatic carbocycles. The number of aromatic nitrogens is 1. The molecule has 0 spiro atoms. The van der Waals surface area contributed by atoms with Crippen molar-refractivity contribution in [3.8, 4) is 0 Å². The van der Waals surface area contributed by atoms with Gasteiger partial charge in [0.05, 0.1) is 11.6 Å². The second kappa shape index (κ2) is 15.0. The van der Waals surface area contributed by atoms with E-state index in [1.165, 1.54) is 34.5 Å². The average molecular weight is 485 g/mol. The highest BCUT2D eigenvalue weighted by Crippen LogP contribution is 2.29. The van der Waals surface area contributed by atoms with Gasteiger partial charge in [-0.3, -0.25) is 4.79 Å². The summed E-state index contributed by atoms with van der Waals surface area (Å²) in [4.78, 5) is 15.8. The fourth-order valence-electron chi connectivity index (χ4n) is 2.88. The zero-order valence-electron chi connectivity index (χ0n) is 19.8. The van der Waals surface area contributed by atoms with Gasteiger partial charge in [-0.15, -0.1) is 0 Å². The van der Waals surface area contributed by atoms with E-state index in [1.807, 2.05) is 0 Å². The number of nitrogens with zero attached hydrogens (tertiary/aromatic N) is 1. The number of carbonyl (C=O) groups excluding carboxylic acids is 1. The summed E-state index contributed by atoms with van der Waals surface area (Å²) >= 11 is 1.51. The minimum Gasteiger partial charge on any atom is -0.388 e. The summed E-state index contributed by atoms with van der Waals surface area (Å²) in [6, 6.07) is 1.36. The van der Waals surface area contributed by atoms with Crippen LogP contribution < -0.4 is 5.32 Å². The number of hydrogen-bond donors (Lipinski definition) is 2. The zero-order valence-corrected chi connectivity index (χ0v) is 20.7. The first-order valence-electron chi connectivity index (χ1n) is 11.0. The Bertz CT molecular complexity index is 827. The second-order valence-electron chi connectivity index (χ2n) is 8.25. The maximum Gasteiger partial charge on any atom is 0.417 e. The van der Waals surface area contributed by atoms with E-state index in [0.717, 1.165) is 37.9 Å². The van der Waals surface area contributed by atoms with E-state index in [9.17, 15) is 23.1 Å². The maximum absolute atomic E-state index is 12.7. The summed E-state index contributed by atoms with van der Waals surface area (Å²) in [6.07, 6.45) is 7.00. The molecule has 33 heavy (non-hydrogen) atoms. The summed E-state index contributed by atoms with van der Waals surface area (Å²) in [7, 11) is 0. The van der Waals surface area contributed by atoms with Crippen LogP contribution >= 0.6 is 11.8 Å². The molecule has 4 nitrogen and oxygen atoms in total. The number of halogens is 3. The molecule has 0 bridgehead atoms. The van der Waals surface area contributed by atoms with E-state index in [1.54, 1.807) is 0 Å². The number of hydrogen-bond acceptors (Lipinski definition) is 5. The van der Waals surface area contributed by atoms with Crippen molar-refractivity contribution >= 4 is 23.4 Å². The van der Waals surface area contributed by atoms with Crippen molar-refractivity contribution in [1.82, 2.24) is 4.98 Å². The van der Waals surface area contributed by atoms with Gasteiger partial charge in [-0.25, -0.2) is 4.98 Å². The zero-order chi connectivity index (χ0) is 24.9. The third kappa shape index (κ3) is 12.7. The highest BCUT2D eigenvalue weighted by atomic mass is 32.2. The quantitative estimate of drug-likeness (QED) is 0.230. The van der Waals surface area contributed by atoms with Crippen LogP contribution in [-0.2, 0) is 11.0 Å². The highest BCUT2D eigenvalue weighted by molar-refractivity contribution is 7.99. The standard InChI is InChI=1S/C25H35F3N2O2S/c1-18(2)7-5-8-19(3)9-6-10-20(4)13-14-33-17-22(23(32)16-31)30-24-12-11-21(15-29-24)25(26,27)28/h7,9,11-13,15,22,31H,5-6,8,10,14,16-17H2,1-4H3,(H,29,30). The monoisotopic (exact) mass is 484 g/mol. The van der Waals surface area contributed by atoms with Crippen LogP contribution in [0.2, 0.25) is 0 Å². The van der Waals surface area contributed by atoms with Crippen LogP contribution in [0, 0.1) is 0 Å². The molecule has 0 saturated heterocycles. The number of ketones is 1. The third-order valence-corrected chi connectivity index (χ3v) is 5.89. The number of Topliss-reactive ketones (excluding diaryl/α,β-unsaturated/α-hetero) is 1. The predicted molar refractivity (Wildman–Crippen MR) is 131 cm³/mol. The number of thioether (sulfide) groups is 1. The van der Waals surface area contributed by atoms with Crippen LogP contribution in [-0.4, -0.2) is 40.0 Å². The summed E-state index contributed by atoms with van der Waals surface area (Å²) in [5.41, 5.74) is 3.14.